The minimum Gasteiger partial charge on any atom is -0.478 e. The summed E-state index contributed by atoms with van der Waals surface area (Å²) >= 11 is 1.51. The Bertz CT molecular complexity index is 615. The van der Waals surface area contributed by atoms with Crippen LogP contribution in [0, 0.1) is 0 Å². The highest BCUT2D eigenvalue weighted by Gasteiger charge is 2.06. The Kier molecular flexibility index (Phi) is 5.34. The van der Waals surface area contributed by atoms with Gasteiger partial charge in [0.05, 0.1) is 11.3 Å². The zero-order chi connectivity index (χ0) is 15.1. The summed E-state index contributed by atoms with van der Waals surface area (Å²) in [5.74, 6) is 0.229. The molecule has 5 nitrogen and oxygen atoms in total. The number of nitrogens with one attached hydrogen (secondary N) is 1. The molecule has 1 heterocycles. The number of nitrogens with zero attached hydrogens (tertiary/aromatic N) is 1. The van der Waals surface area contributed by atoms with Gasteiger partial charge in [-0.2, -0.15) is 0 Å². The summed E-state index contributed by atoms with van der Waals surface area (Å²) in [6, 6.07) is 12.8. The predicted molar refractivity (Wildman–Crippen MR) is 82.4 cm³/mol. The lowest BCUT2D eigenvalue weighted by molar-refractivity contribution is -0.113. The first kappa shape index (κ1) is 15.1. The molecule has 2 N–H and O–H groups in total. The second-order valence-electron chi connectivity index (χ2n) is 4.26. The van der Waals surface area contributed by atoms with Gasteiger partial charge in [0, 0.05) is 11.9 Å². The van der Waals surface area contributed by atoms with E-state index >= 15 is 0 Å². The van der Waals surface area contributed by atoms with Crippen molar-refractivity contribution in [3.05, 3.63) is 59.8 Å². The number of rotatable bonds is 6. The van der Waals surface area contributed by atoms with Crippen molar-refractivity contribution >= 4 is 29.5 Å². The van der Waals surface area contributed by atoms with Crippen molar-refractivity contribution in [1.82, 2.24) is 4.98 Å². The van der Waals surface area contributed by atoms with Gasteiger partial charge >= 0.3 is 5.97 Å². The van der Waals surface area contributed by atoms with Crippen LogP contribution in [0.25, 0.3) is 0 Å². The van der Waals surface area contributed by atoms with Gasteiger partial charge in [0.15, 0.2) is 0 Å². The van der Waals surface area contributed by atoms with Gasteiger partial charge in [-0.1, -0.05) is 30.3 Å². The molecule has 6 heteroatoms. The van der Waals surface area contributed by atoms with E-state index in [1.165, 1.54) is 35.7 Å². The van der Waals surface area contributed by atoms with Crippen LogP contribution in [0.2, 0.25) is 0 Å². The average Bonchev–Trinajstić information content (AvgIpc) is 2.49. The second-order valence-corrected chi connectivity index (χ2v) is 5.25. The molecule has 21 heavy (non-hydrogen) atoms. The van der Waals surface area contributed by atoms with Crippen LogP contribution in [0.3, 0.4) is 0 Å². The van der Waals surface area contributed by atoms with Crippen LogP contribution < -0.4 is 5.32 Å². The number of hydrogen-bond acceptors (Lipinski definition) is 4. The van der Waals surface area contributed by atoms with Gasteiger partial charge in [-0.25, -0.2) is 9.78 Å². The number of anilines is 1. The molecule has 0 radical (unpaired) electrons. The molecule has 0 spiro atoms. The predicted octanol–water partition coefficient (Wildman–Crippen LogP) is 2.65. The van der Waals surface area contributed by atoms with Crippen LogP contribution >= 0.6 is 11.8 Å². The van der Waals surface area contributed by atoms with E-state index in [1.807, 2.05) is 30.3 Å². The third kappa shape index (κ3) is 4.92. The number of carboxylic acids is 1. The van der Waals surface area contributed by atoms with Crippen molar-refractivity contribution < 1.29 is 14.7 Å². The Morgan fingerprint density at radius 2 is 1.90 bits per heavy atom. The molecule has 0 bridgehead atoms. The molecule has 2 rings (SSSR count). The zero-order valence-corrected chi connectivity index (χ0v) is 12.0. The SMILES string of the molecule is O=C(CSCc1ccccc1)Nc1ccc(C(=O)O)cn1. The Labute approximate surface area is 126 Å². The second kappa shape index (κ2) is 7.44. The van der Waals surface area contributed by atoms with Crippen LogP contribution in [-0.4, -0.2) is 27.7 Å². The molecule has 1 amide bonds. The fourth-order valence-corrected chi connectivity index (χ4v) is 2.40. The van der Waals surface area contributed by atoms with E-state index in [2.05, 4.69) is 10.3 Å². The van der Waals surface area contributed by atoms with Gasteiger partial charge in [-0.05, 0) is 17.7 Å². The molecule has 0 unspecified atom stereocenters. The van der Waals surface area contributed by atoms with Crippen molar-refractivity contribution in [2.24, 2.45) is 0 Å². The normalized spacial score (nSPS) is 10.1. The minimum absolute atomic E-state index is 0.0893. The number of aromatic nitrogens is 1. The topological polar surface area (TPSA) is 79.3 Å². The highest BCUT2D eigenvalue weighted by Crippen LogP contribution is 2.12. The van der Waals surface area contributed by atoms with Crippen LogP contribution in [0.15, 0.2) is 48.7 Å². The molecule has 0 aliphatic rings. The quantitative estimate of drug-likeness (QED) is 0.857. The maximum absolute atomic E-state index is 11.7. The van der Waals surface area contributed by atoms with Crippen molar-refractivity contribution in [1.29, 1.82) is 0 Å². The summed E-state index contributed by atoms with van der Waals surface area (Å²) in [7, 11) is 0. The molecule has 0 aliphatic heterocycles. The largest absolute Gasteiger partial charge is 0.478 e. The highest BCUT2D eigenvalue weighted by atomic mass is 32.2. The molecule has 108 valence electrons. The van der Waals surface area contributed by atoms with E-state index in [9.17, 15) is 9.59 Å². The van der Waals surface area contributed by atoms with E-state index in [0.29, 0.717) is 11.6 Å². The summed E-state index contributed by atoms with van der Waals surface area (Å²) in [4.78, 5) is 26.3. The van der Waals surface area contributed by atoms with Crippen molar-refractivity contribution in [2.75, 3.05) is 11.1 Å². The van der Waals surface area contributed by atoms with E-state index in [-0.39, 0.29) is 11.5 Å². The maximum atomic E-state index is 11.7. The first-order valence-electron chi connectivity index (χ1n) is 6.26. The summed E-state index contributed by atoms with van der Waals surface area (Å²) in [6.07, 6.45) is 1.22. The van der Waals surface area contributed by atoms with E-state index < -0.39 is 5.97 Å². The number of carbonyl (C=O) groups is 2. The average molecular weight is 302 g/mol. The third-order valence-electron chi connectivity index (χ3n) is 2.62. The number of amides is 1. The Hall–Kier alpha value is -2.34. The lowest BCUT2D eigenvalue weighted by Crippen LogP contribution is -2.15. The Morgan fingerprint density at radius 3 is 2.52 bits per heavy atom. The van der Waals surface area contributed by atoms with Crippen molar-refractivity contribution in [3.8, 4) is 0 Å². The number of pyridine rings is 1. The lowest BCUT2D eigenvalue weighted by atomic mass is 10.2. The van der Waals surface area contributed by atoms with E-state index in [1.54, 1.807) is 0 Å². The third-order valence-corrected chi connectivity index (χ3v) is 3.63. The van der Waals surface area contributed by atoms with Crippen molar-refractivity contribution in [3.63, 3.8) is 0 Å². The standard InChI is InChI=1S/C15H14N2O3S/c18-14(10-21-9-11-4-2-1-3-5-11)17-13-7-6-12(8-16-13)15(19)20/h1-8H,9-10H2,(H,19,20)(H,16,17,18). The number of carbonyl (C=O) groups excluding carboxylic acids is 1. The number of aromatic carboxylic acids is 1. The lowest BCUT2D eigenvalue weighted by Gasteiger charge is -2.05. The molecule has 0 saturated heterocycles. The molecular weight excluding hydrogens is 288 g/mol. The molecule has 1 aromatic carbocycles. The summed E-state index contributed by atoms with van der Waals surface area (Å²) in [5, 5.41) is 11.4. The van der Waals surface area contributed by atoms with Crippen molar-refractivity contribution in [2.45, 2.75) is 5.75 Å². The molecule has 0 aliphatic carbocycles. The molecule has 2 aromatic rings. The van der Waals surface area contributed by atoms with Crippen LogP contribution in [0.5, 0.6) is 0 Å². The molecule has 0 atom stereocenters. The molecule has 1 aromatic heterocycles. The highest BCUT2D eigenvalue weighted by molar-refractivity contribution is 7.99. The van der Waals surface area contributed by atoms with Gasteiger partial charge in [0.1, 0.15) is 5.82 Å². The Balaban J connectivity index is 1.78. The summed E-state index contributed by atoms with van der Waals surface area (Å²) in [5.41, 5.74) is 1.26. The Morgan fingerprint density at radius 1 is 1.14 bits per heavy atom. The first-order valence-corrected chi connectivity index (χ1v) is 7.41. The van der Waals surface area contributed by atoms with Gasteiger partial charge in [-0.3, -0.25) is 4.79 Å². The van der Waals surface area contributed by atoms with E-state index in [4.69, 9.17) is 5.11 Å². The van der Waals surface area contributed by atoms with Gasteiger partial charge in [-0.15, -0.1) is 11.8 Å². The number of benzene rings is 1. The smallest absolute Gasteiger partial charge is 0.337 e. The van der Waals surface area contributed by atoms with Gasteiger partial charge in [0.25, 0.3) is 0 Å². The fourth-order valence-electron chi connectivity index (χ4n) is 1.61. The fraction of sp³-hybridized carbons (Fsp3) is 0.133. The monoisotopic (exact) mass is 302 g/mol. The van der Waals surface area contributed by atoms with Gasteiger partial charge in [0.2, 0.25) is 5.91 Å². The van der Waals surface area contributed by atoms with Crippen LogP contribution in [0.1, 0.15) is 15.9 Å². The number of thioether (sulfide) groups is 1. The summed E-state index contributed by atoms with van der Waals surface area (Å²) in [6.45, 7) is 0. The number of carboxylic acid groups (broad SMARTS) is 1. The zero-order valence-electron chi connectivity index (χ0n) is 11.2. The van der Waals surface area contributed by atoms with Crippen LogP contribution in [0.4, 0.5) is 5.82 Å². The molecular formula is C15H14N2O3S. The van der Waals surface area contributed by atoms with Crippen LogP contribution in [-0.2, 0) is 10.5 Å². The maximum Gasteiger partial charge on any atom is 0.337 e. The number of hydrogen-bond donors (Lipinski definition) is 2. The summed E-state index contributed by atoms with van der Waals surface area (Å²) < 4.78 is 0. The first-order chi connectivity index (χ1) is 10.1. The minimum atomic E-state index is -1.04. The van der Waals surface area contributed by atoms with E-state index in [0.717, 1.165) is 5.75 Å². The molecule has 0 fully saturated rings. The molecule has 0 saturated carbocycles. The van der Waals surface area contributed by atoms with Gasteiger partial charge < -0.3 is 10.4 Å².